The van der Waals surface area contributed by atoms with E-state index in [4.69, 9.17) is 5.73 Å². The first-order valence-corrected chi connectivity index (χ1v) is 6.65. The monoisotopic (exact) mass is 248 g/mol. The highest BCUT2D eigenvalue weighted by atomic mass is 32.1. The molecule has 90 valence electrons. The number of nitrogens with zero attached hydrogens (tertiary/aromatic N) is 1. The Kier molecular flexibility index (Phi) is 3.86. The molecule has 0 saturated heterocycles. The number of hydrogen-bond acceptors (Lipinski definition) is 4. The van der Waals surface area contributed by atoms with Crippen molar-refractivity contribution >= 4 is 27.3 Å². The Hall–Kier alpha value is -1.26. The third-order valence-corrected chi connectivity index (χ3v) is 3.71. The molecule has 3 nitrogen and oxygen atoms in total. The van der Waals surface area contributed by atoms with Crippen molar-refractivity contribution in [2.24, 2.45) is 5.73 Å². The summed E-state index contributed by atoms with van der Waals surface area (Å²) in [7, 11) is 0. The maximum Gasteiger partial charge on any atom is 0.156 e. The number of thiazole rings is 1. The molecular weight excluding hydrogens is 232 g/mol. The second-order valence-corrected chi connectivity index (χ2v) is 5.23. The van der Waals surface area contributed by atoms with Crippen LogP contribution in [0.25, 0.3) is 10.2 Å². The summed E-state index contributed by atoms with van der Waals surface area (Å²) in [5, 5.41) is 0.864. The molecule has 0 aliphatic rings. The molecule has 17 heavy (non-hydrogen) atoms. The van der Waals surface area contributed by atoms with Gasteiger partial charge >= 0.3 is 0 Å². The normalized spacial score (nSPS) is 12.8. The average Bonchev–Trinajstić information content (AvgIpc) is 2.71. The van der Waals surface area contributed by atoms with Crippen LogP contribution in [0.1, 0.15) is 24.8 Å². The number of benzene rings is 1. The van der Waals surface area contributed by atoms with Crippen molar-refractivity contribution in [3.63, 3.8) is 0 Å². The van der Waals surface area contributed by atoms with Crippen LogP contribution in [0.2, 0.25) is 0 Å². The minimum absolute atomic E-state index is 0.0888. The molecule has 2 rings (SSSR count). The van der Waals surface area contributed by atoms with Crippen LogP contribution in [0.4, 0.5) is 0 Å². The van der Waals surface area contributed by atoms with Crippen molar-refractivity contribution in [2.75, 3.05) is 0 Å². The topological polar surface area (TPSA) is 56.0 Å². The third kappa shape index (κ3) is 2.90. The molecule has 0 bridgehead atoms. The number of aromatic nitrogens is 1. The second kappa shape index (κ2) is 5.38. The standard InChI is InChI=1S/C13H16N2OS/c1-2-5-9(14)11(16)8-13-15-10-6-3-4-7-12(10)17-13/h3-4,6-7,9H,2,5,8,14H2,1H3. The maximum absolute atomic E-state index is 11.8. The average molecular weight is 248 g/mol. The summed E-state index contributed by atoms with van der Waals surface area (Å²) < 4.78 is 1.12. The van der Waals surface area contributed by atoms with Crippen molar-refractivity contribution in [1.82, 2.24) is 4.98 Å². The highest BCUT2D eigenvalue weighted by molar-refractivity contribution is 7.18. The van der Waals surface area contributed by atoms with Crippen LogP contribution < -0.4 is 5.73 Å². The first-order valence-electron chi connectivity index (χ1n) is 5.83. The fourth-order valence-electron chi connectivity index (χ4n) is 1.75. The predicted octanol–water partition coefficient (Wildman–Crippen LogP) is 2.54. The van der Waals surface area contributed by atoms with Gasteiger partial charge in [0, 0.05) is 0 Å². The van der Waals surface area contributed by atoms with Crippen LogP contribution >= 0.6 is 11.3 Å². The zero-order valence-electron chi connectivity index (χ0n) is 9.85. The lowest BCUT2D eigenvalue weighted by atomic mass is 10.1. The number of rotatable bonds is 5. The molecule has 2 N–H and O–H groups in total. The summed E-state index contributed by atoms with van der Waals surface area (Å²) in [5.41, 5.74) is 6.76. The molecule has 2 aromatic rings. The molecular formula is C13H16N2OS. The van der Waals surface area contributed by atoms with E-state index < -0.39 is 0 Å². The Balaban J connectivity index is 2.10. The molecule has 0 fully saturated rings. The van der Waals surface area contributed by atoms with E-state index >= 15 is 0 Å². The van der Waals surface area contributed by atoms with Crippen LogP contribution in [0.15, 0.2) is 24.3 Å². The third-order valence-electron chi connectivity index (χ3n) is 2.68. The summed E-state index contributed by atoms with van der Waals surface area (Å²) in [6.45, 7) is 2.03. The summed E-state index contributed by atoms with van der Waals surface area (Å²) in [6.07, 6.45) is 2.05. The Morgan fingerprint density at radius 3 is 2.94 bits per heavy atom. The summed E-state index contributed by atoms with van der Waals surface area (Å²) in [5.74, 6) is 0.0888. The minimum atomic E-state index is -0.341. The van der Waals surface area contributed by atoms with Crippen molar-refractivity contribution in [2.45, 2.75) is 32.2 Å². The van der Waals surface area contributed by atoms with Gasteiger partial charge in [0.1, 0.15) is 5.01 Å². The van der Waals surface area contributed by atoms with E-state index in [2.05, 4.69) is 4.98 Å². The van der Waals surface area contributed by atoms with E-state index in [1.165, 1.54) is 0 Å². The number of para-hydroxylation sites is 1. The van der Waals surface area contributed by atoms with Gasteiger partial charge in [-0.15, -0.1) is 11.3 Å². The smallest absolute Gasteiger partial charge is 0.156 e. The number of fused-ring (bicyclic) bond motifs is 1. The van der Waals surface area contributed by atoms with Crippen molar-refractivity contribution in [3.05, 3.63) is 29.3 Å². The number of hydrogen-bond donors (Lipinski definition) is 1. The van der Waals surface area contributed by atoms with Crippen molar-refractivity contribution < 1.29 is 4.79 Å². The van der Waals surface area contributed by atoms with Gasteiger partial charge in [-0.05, 0) is 18.6 Å². The van der Waals surface area contributed by atoms with E-state index in [1.807, 2.05) is 31.2 Å². The van der Waals surface area contributed by atoms with E-state index in [-0.39, 0.29) is 11.8 Å². The van der Waals surface area contributed by atoms with Crippen LogP contribution in [0.3, 0.4) is 0 Å². The fourth-order valence-corrected chi connectivity index (χ4v) is 2.72. The Morgan fingerprint density at radius 2 is 2.24 bits per heavy atom. The van der Waals surface area contributed by atoms with E-state index in [0.717, 1.165) is 28.1 Å². The van der Waals surface area contributed by atoms with Crippen LogP contribution in [0.5, 0.6) is 0 Å². The molecule has 0 saturated carbocycles. The molecule has 1 unspecified atom stereocenters. The van der Waals surface area contributed by atoms with Gasteiger partial charge in [-0.25, -0.2) is 4.98 Å². The summed E-state index contributed by atoms with van der Waals surface area (Å²) >= 11 is 1.57. The van der Waals surface area contributed by atoms with Gasteiger partial charge in [0.25, 0.3) is 0 Å². The first kappa shape index (κ1) is 12.2. The van der Waals surface area contributed by atoms with Gasteiger partial charge in [0.2, 0.25) is 0 Å². The Bertz CT molecular complexity index is 488. The van der Waals surface area contributed by atoms with E-state index in [1.54, 1.807) is 11.3 Å². The number of ketones is 1. The van der Waals surface area contributed by atoms with E-state index in [0.29, 0.717) is 6.42 Å². The van der Waals surface area contributed by atoms with Gasteiger partial charge in [-0.3, -0.25) is 4.79 Å². The molecule has 0 radical (unpaired) electrons. The zero-order valence-corrected chi connectivity index (χ0v) is 10.7. The van der Waals surface area contributed by atoms with Crippen molar-refractivity contribution in [3.8, 4) is 0 Å². The molecule has 1 heterocycles. The van der Waals surface area contributed by atoms with Gasteiger partial charge < -0.3 is 5.73 Å². The first-order chi connectivity index (χ1) is 8.20. The largest absolute Gasteiger partial charge is 0.321 e. The molecule has 1 atom stereocenters. The summed E-state index contributed by atoms with van der Waals surface area (Å²) in [4.78, 5) is 16.3. The highest BCUT2D eigenvalue weighted by Crippen LogP contribution is 2.22. The van der Waals surface area contributed by atoms with Crippen LogP contribution in [-0.2, 0) is 11.2 Å². The minimum Gasteiger partial charge on any atom is -0.321 e. The fraction of sp³-hybridized carbons (Fsp3) is 0.385. The van der Waals surface area contributed by atoms with Crippen LogP contribution in [-0.4, -0.2) is 16.8 Å². The molecule has 0 aliphatic carbocycles. The quantitative estimate of drug-likeness (QED) is 0.884. The second-order valence-electron chi connectivity index (χ2n) is 4.11. The van der Waals surface area contributed by atoms with Crippen LogP contribution in [0, 0.1) is 0 Å². The van der Waals surface area contributed by atoms with Gasteiger partial charge in [-0.2, -0.15) is 0 Å². The molecule has 1 aromatic carbocycles. The van der Waals surface area contributed by atoms with Gasteiger partial charge in [0.15, 0.2) is 5.78 Å². The molecule has 4 heteroatoms. The van der Waals surface area contributed by atoms with Gasteiger partial charge in [-0.1, -0.05) is 25.5 Å². The number of Topliss-reactive ketones (excluding diaryl/α,β-unsaturated/α-hetero) is 1. The lowest BCUT2D eigenvalue weighted by Gasteiger charge is -2.06. The predicted molar refractivity (Wildman–Crippen MR) is 71.2 cm³/mol. The number of carbonyl (C=O) groups is 1. The summed E-state index contributed by atoms with van der Waals surface area (Å²) in [6, 6.07) is 7.58. The number of nitrogens with two attached hydrogens (primary N) is 1. The zero-order chi connectivity index (χ0) is 12.3. The molecule has 1 aromatic heterocycles. The lowest BCUT2D eigenvalue weighted by molar-refractivity contribution is -0.119. The highest BCUT2D eigenvalue weighted by Gasteiger charge is 2.15. The van der Waals surface area contributed by atoms with Crippen molar-refractivity contribution in [1.29, 1.82) is 0 Å². The molecule has 0 amide bonds. The Labute approximate surface area is 105 Å². The number of carbonyl (C=O) groups excluding carboxylic acids is 1. The van der Waals surface area contributed by atoms with Gasteiger partial charge in [0.05, 0.1) is 22.7 Å². The maximum atomic E-state index is 11.8. The Morgan fingerprint density at radius 1 is 1.47 bits per heavy atom. The molecule has 0 aliphatic heterocycles. The molecule has 0 spiro atoms. The van der Waals surface area contributed by atoms with E-state index in [9.17, 15) is 4.79 Å². The SMILES string of the molecule is CCCC(N)C(=O)Cc1nc2ccccc2s1. The lowest BCUT2D eigenvalue weighted by Crippen LogP contribution is -2.31.